The third kappa shape index (κ3) is 5.68. The van der Waals surface area contributed by atoms with Crippen molar-refractivity contribution in [3.63, 3.8) is 0 Å². The molecule has 0 saturated carbocycles. The number of nitrogens with one attached hydrogen (secondary N) is 1. The predicted octanol–water partition coefficient (Wildman–Crippen LogP) is 5.03. The van der Waals surface area contributed by atoms with E-state index < -0.39 is 10.0 Å². The minimum Gasteiger partial charge on any atom is -0.338 e. The molecule has 1 aromatic heterocycles. The van der Waals surface area contributed by atoms with Crippen LogP contribution in [0.5, 0.6) is 0 Å². The molecule has 1 aliphatic rings. The molecule has 0 spiro atoms. The summed E-state index contributed by atoms with van der Waals surface area (Å²) in [6.45, 7) is 0.963. The fourth-order valence-corrected chi connectivity index (χ4v) is 5.61. The molecule has 1 aliphatic heterocycles. The molecule has 0 radical (unpaired) electrons. The molecule has 37 heavy (non-hydrogen) atoms. The molecule has 1 N–H and O–H groups in total. The summed E-state index contributed by atoms with van der Waals surface area (Å²) in [6, 6.07) is 20.2. The second-order valence-corrected chi connectivity index (χ2v) is 11.6. The van der Waals surface area contributed by atoms with Crippen LogP contribution in [0.2, 0.25) is 5.02 Å². The van der Waals surface area contributed by atoms with Gasteiger partial charge in [-0.2, -0.15) is 4.80 Å². The van der Waals surface area contributed by atoms with Crippen LogP contribution >= 0.6 is 27.5 Å². The van der Waals surface area contributed by atoms with Crippen molar-refractivity contribution < 1.29 is 13.2 Å². The molecule has 0 unspecified atom stereocenters. The maximum Gasteiger partial charge on any atom is 0.261 e. The highest BCUT2D eigenvalue weighted by Crippen LogP contribution is 2.27. The van der Waals surface area contributed by atoms with Crippen LogP contribution in [0.15, 0.2) is 82.2 Å². The Balaban J connectivity index is 1.26. The minimum absolute atomic E-state index is 0.00347. The summed E-state index contributed by atoms with van der Waals surface area (Å²) in [5.41, 5.74) is 1.36. The summed E-state index contributed by atoms with van der Waals surface area (Å²) in [4.78, 5) is 16.8. The van der Waals surface area contributed by atoms with E-state index in [4.69, 9.17) is 11.6 Å². The zero-order valence-electron chi connectivity index (χ0n) is 19.5. The highest BCUT2D eigenvalue weighted by molar-refractivity contribution is 9.10. The van der Waals surface area contributed by atoms with E-state index in [0.29, 0.717) is 42.3 Å². The quantitative estimate of drug-likeness (QED) is 0.332. The molecule has 0 atom stereocenters. The number of aromatic nitrogens is 4. The fraction of sp³-hybridized carbons (Fsp3) is 0.200. The van der Waals surface area contributed by atoms with Gasteiger partial charge in [-0.1, -0.05) is 39.7 Å². The number of benzene rings is 3. The molecule has 12 heteroatoms. The Hall–Kier alpha value is -3.28. The van der Waals surface area contributed by atoms with Crippen molar-refractivity contribution in [1.29, 1.82) is 0 Å². The number of anilines is 1. The lowest BCUT2D eigenvalue weighted by atomic mass is 10.0. The Morgan fingerprint density at radius 2 is 1.65 bits per heavy atom. The van der Waals surface area contributed by atoms with Crippen LogP contribution in [0.25, 0.3) is 11.4 Å². The number of hydrogen-bond donors (Lipinski definition) is 1. The molecule has 9 nitrogen and oxygen atoms in total. The summed E-state index contributed by atoms with van der Waals surface area (Å²) in [6.07, 6.45) is 1.30. The van der Waals surface area contributed by atoms with Crippen molar-refractivity contribution in [3.8, 4) is 11.4 Å². The van der Waals surface area contributed by atoms with E-state index >= 15 is 0 Å². The van der Waals surface area contributed by atoms with Gasteiger partial charge in [0.15, 0.2) is 0 Å². The molecule has 190 valence electrons. The number of rotatable bonds is 6. The SMILES string of the molecule is O=C(c1ccccc1NS(=O)(=O)c1ccc(Br)cc1)N1CCC(n2nnc(-c3ccc(Cl)cc3)n2)CC1. The average Bonchev–Trinajstić information content (AvgIpc) is 3.40. The first-order valence-electron chi connectivity index (χ1n) is 11.5. The molecule has 3 aromatic carbocycles. The summed E-state index contributed by atoms with van der Waals surface area (Å²) < 4.78 is 29.1. The maximum absolute atomic E-state index is 13.4. The van der Waals surface area contributed by atoms with Gasteiger partial charge in [0.1, 0.15) is 0 Å². The van der Waals surface area contributed by atoms with Gasteiger partial charge in [0.2, 0.25) is 5.82 Å². The van der Waals surface area contributed by atoms with Gasteiger partial charge < -0.3 is 4.90 Å². The number of piperidine rings is 1. The number of hydrogen-bond acceptors (Lipinski definition) is 6. The number of carbonyl (C=O) groups excluding carboxylic acids is 1. The zero-order valence-corrected chi connectivity index (χ0v) is 22.6. The van der Waals surface area contributed by atoms with Crippen LogP contribution in [0.4, 0.5) is 5.69 Å². The van der Waals surface area contributed by atoms with E-state index in [1.807, 2.05) is 12.1 Å². The van der Waals surface area contributed by atoms with Crippen molar-refractivity contribution in [2.24, 2.45) is 0 Å². The van der Waals surface area contributed by atoms with Gasteiger partial charge in [-0.05, 0) is 78.7 Å². The largest absolute Gasteiger partial charge is 0.338 e. The van der Waals surface area contributed by atoms with Gasteiger partial charge in [0, 0.05) is 28.1 Å². The van der Waals surface area contributed by atoms with E-state index in [0.717, 1.165) is 10.0 Å². The average molecular weight is 602 g/mol. The Morgan fingerprint density at radius 1 is 0.973 bits per heavy atom. The normalized spacial score (nSPS) is 14.5. The number of amides is 1. The van der Waals surface area contributed by atoms with Gasteiger partial charge in [-0.3, -0.25) is 9.52 Å². The van der Waals surface area contributed by atoms with Crippen LogP contribution in [0.1, 0.15) is 29.2 Å². The van der Waals surface area contributed by atoms with E-state index in [2.05, 4.69) is 36.1 Å². The minimum atomic E-state index is -3.86. The molecule has 1 fully saturated rings. The van der Waals surface area contributed by atoms with Gasteiger partial charge in [0.25, 0.3) is 15.9 Å². The van der Waals surface area contributed by atoms with E-state index in [1.165, 1.54) is 12.1 Å². The van der Waals surface area contributed by atoms with Crippen molar-refractivity contribution in [2.75, 3.05) is 17.8 Å². The van der Waals surface area contributed by atoms with E-state index in [-0.39, 0.29) is 22.5 Å². The summed E-state index contributed by atoms with van der Waals surface area (Å²) >= 11 is 9.26. The molecule has 5 rings (SSSR count). The molecular weight excluding hydrogens is 580 g/mol. The van der Waals surface area contributed by atoms with Crippen LogP contribution in [-0.2, 0) is 10.0 Å². The molecule has 4 aromatic rings. The lowest BCUT2D eigenvalue weighted by Crippen LogP contribution is -2.39. The summed E-state index contributed by atoms with van der Waals surface area (Å²) in [5, 5.41) is 13.5. The van der Waals surface area contributed by atoms with Gasteiger partial charge in [-0.15, -0.1) is 10.2 Å². The zero-order chi connectivity index (χ0) is 26.0. The van der Waals surface area contributed by atoms with Crippen molar-refractivity contribution in [1.82, 2.24) is 25.1 Å². The van der Waals surface area contributed by atoms with E-state index in [1.54, 1.807) is 58.2 Å². The number of halogens is 2. The first-order valence-corrected chi connectivity index (χ1v) is 14.2. The molecule has 1 saturated heterocycles. The molecule has 2 heterocycles. The highest BCUT2D eigenvalue weighted by atomic mass is 79.9. The topological polar surface area (TPSA) is 110 Å². The monoisotopic (exact) mass is 600 g/mol. The standard InChI is InChI=1S/C25H22BrClN6O3S/c26-18-7-11-21(12-8-18)37(35,36)30-23-4-2-1-3-22(23)25(34)32-15-13-20(14-16-32)33-29-24(28-31-33)17-5-9-19(27)10-6-17/h1-12,20,30H,13-16H2. The molecule has 0 bridgehead atoms. The van der Waals surface area contributed by atoms with Crippen molar-refractivity contribution in [2.45, 2.75) is 23.8 Å². The number of likely N-dealkylation sites (tertiary alicyclic amines) is 1. The first-order chi connectivity index (χ1) is 17.8. The second kappa shape index (κ2) is 10.6. The first kappa shape index (κ1) is 25.4. The Bertz CT molecular complexity index is 1520. The third-order valence-electron chi connectivity index (χ3n) is 6.13. The number of tetrazole rings is 1. The van der Waals surface area contributed by atoms with Gasteiger partial charge in [-0.25, -0.2) is 8.42 Å². The number of para-hydroxylation sites is 1. The smallest absolute Gasteiger partial charge is 0.261 e. The lowest BCUT2D eigenvalue weighted by molar-refractivity contribution is 0.0684. The van der Waals surface area contributed by atoms with Crippen molar-refractivity contribution in [3.05, 3.63) is 87.9 Å². The number of sulfonamides is 1. The summed E-state index contributed by atoms with van der Waals surface area (Å²) in [7, 11) is -3.86. The fourth-order valence-electron chi connectivity index (χ4n) is 4.14. The van der Waals surface area contributed by atoms with Crippen LogP contribution in [0.3, 0.4) is 0 Å². The van der Waals surface area contributed by atoms with Crippen LogP contribution in [-0.4, -0.2) is 52.5 Å². The van der Waals surface area contributed by atoms with Crippen molar-refractivity contribution >= 4 is 49.1 Å². The Labute approximate surface area is 227 Å². The van der Waals surface area contributed by atoms with Gasteiger partial charge in [0.05, 0.1) is 22.2 Å². The Morgan fingerprint density at radius 3 is 2.35 bits per heavy atom. The summed E-state index contributed by atoms with van der Waals surface area (Å²) in [5.74, 6) is 0.281. The van der Waals surface area contributed by atoms with Crippen LogP contribution < -0.4 is 4.72 Å². The number of nitrogens with zero attached hydrogens (tertiary/aromatic N) is 5. The second-order valence-electron chi connectivity index (χ2n) is 8.57. The van der Waals surface area contributed by atoms with Gasteiger partial charge >= 0.3 is 0 Å². The van der Waals surface area contributed by atoms with E-state index in [9.17, 15) is 13.2 Å². The third-order valence-corrected chi connectivity index (χ3v) is 8.30. The molecule has 1 amide bonds. The predicted molar refractivity (Wildman–Crippen MR) is 144 cm³/mol. The Kier molecular flexibility index (Phi) is 7.27. The molecular formula is C25H22BrClN6O3S. The van der Waals surface area contributed by atoms with Crippen LogP contribution in [0, 0.1) is 0 Å². The lowest BCUT2D eigenvalue weighted by Gasteiger charge is -2.31. The molecule has 0 aliphatic carbocycles. The highest BCUT2D eigenvalue weighted by Gasteiger charge is 2.28. The maximum atomic E-state index is 13.4. The number of carbonyl (C=O) groups is 1.